The number of ether oxygens (including phenoxy) is 2. The maximum Gasteiger partial charge on any atom is 0.161 e. The van der Waals surface area contributed by atoms with Crippen LogP contribution in [0.4, 0.5) is 0 Å². The van der Waals surface area contributed by atoms with Crippen LogP contribution >= 0.6 is 22.9 Å². The Labute approximate surface area is 133 Å². The monoisotopic (exact) mass is 320 g/mol. The smallest absolute Gasteiger partial charge is 0.161 e. The SMILES string of the molecule is ClC(c1ccc2c(c1)OCCO2)c1cc2c(s1)CCCC2. The van der Waals surface area contributed by atoms with E-state index in [4.69, 9.17) is 21.1 Å². The van der Waals surface area contributed by atoms with E-state index in [1.54, 1.807) is 0 Å². The van der Waals surface area contributed by atoms with Crippen LogP contribution in [0, 0.1) is 0 Å². The average Bonchev–Trinajstić information content (AvgIpc) is 2.97. The lowest BCUT2D eigenvalue weighted by Gasteiger charge is -2.19. The van der Waals surface area contributed by atoms with Gasteiger partial charge in [-0.15, -0.1) is 22.9 Å². The number of hydrogen-bond acceptors (Lipinski definition) is 3. The van der Waals surface area contributed by atoms with Gasteiger partial charge in [-0.2, -0.15) is 0 Å². The zero-order valence-corrected chi connectivity index (χ0v) is 13.3. The van der Waals surface area contributed by atoms with Crippen molar-refractivity contribution in [1.29, 1.82) is 0 Å². The molecule has 0 fully saturated rings. The van der Waals surface area contributed by atoms with E-state index in [1.165, 1.54) is 41.0 Å². The Bertz CT molecular complexity index is 641. The Morgan fingerprint density at radius 3 is 2.67 bits per heavy atom. The first-order valence-electron chi connectivity index (χ1n) is 7.46. The minimum Gasteiger partial charge on any atom is -0.486 e. The highest BCUT2D eigenvalue weighted by atomic mass is 35.5. The van der Waals surface area contributed by atoms with Crippen molar-refractivity contribution in [2.45, 2.75) is 31.1 Å². The first kappa shape index (κ1) is 13.5. The molecular formula is C17H17ClO2S. The summed E-state index contributed by atoms with van der Waals surface area (Å²) in [6.45, 7) is 1.23. The Morgan fingerprint density at radius 2 is 1.81 bits per heavy atom. The Kier molecular flexibility index (Phi) is 3.56. The molecule has 1 atom stereocenters. The van der Waals surface area contributed by atoms with Crippen LogP contribution in [0.3, 0.4) is 0 Å². The van der Waals surface area contributed by atoms with Gasteiger partial charge in [0.2, 0.25) is 0 Å². The lowest BCUT2D eigenvalue weighted by Crippen LogP contribution is -2.15. The van der Waals surface area contributed by atoms with Crippen LogP contribution in [0.15, 0.2) is 24.3 Å². The maximum atomic E-state index is 6.71. The molecular weight excluding hydrogens is 304 g/mol. The second kappa shape index (κ2) is 5.54. The molecule has 4 rings (SSSR count). The summed E-state index contributed by atoms with van der Waals surface area (Å²) in [5.74, 6) is 1.63. The molecule has 0 saturated heterocycles. The summed E-state index contributed by atoms with van der Waals surface area (Å²) < 4.78 is 11.2. The van der Waals surface area contributed by atoms with E-state index in [0.29, 0.717) is 13.2 Å². The van der Waals surface area contributed by atoms with Gasteiger partial charge in [-0.05, 0) is 55.0 Å². The molecule has 1 unspecified atom stereocenters. The molecule has 1 aromatic heterocycles. The Morgan fingerprint density at radius 1 is 1.00 bits per heavy atom. The second-order valence-corrected chi connectivity index (χ2v) is 7.17. The minimum absolute atomic E-state index is 0.101. The van der Waals surface area contributed by atoms with E-state index >= 15 is 0 Å². The molecule has 1 aliphatic heterocycles. The molecule has 2 heterocycles. The fourth-order valence-electron chi connectivity index (χ4n) is 3.02. The summed E-state index contributed by atoms with van der Waals surface area (Å²) in [7, 11) is 0. The number of rotatable bonds is 2. The Balaban J connectivity index is 1.64. The van der Waals surface area contributed by atoms with E-state index in [0.717, 1.165) is 17.1 Å². The number of hydrogen-bond donors (Lipinski definition) is 0. The van der Waals surface area contributed by atoms with Gasteiger partial charge < -0.3 is 9.47 Å². The van der Waals surface area contributed by atoms with Gasteiger partial charge in [0.1, 0.15) is 13.2 Å². The first-order valence-corrected chi connectivity index (χ1v) is 8.71. The lowest BCUT2D eigenvalue weighted by atomic mass is 9.98. The number of fused-ring (bicyclic) bond motifs is 2. The number of thiophene rings is 1. The average molecular weight is 321 g/mol. The topological polar surface area (TPSA) is 18.5 Å². The van der Waals surface area contributed by atoms with Gasteiger partial charge in [0, 0.05) is 9.75 Å². The van der Waals surface area contributed by atoms with Crippen molar-refractivity contribution in [1.82, 2.24) is 0 Å². The van der Waals surface area contributed by atoms with E-state index in [2.05, 4.69) is 6.07 Å². The predicted molar refractivity (Wildman–Crippen MR) is 86.1 cm³/mol. The van der Waals surface area contributed by atoms with Crippen molar-refractivity contribution in [3.05, 3.63) is 45.1 Å². The molecule has 2 aliphatic rings. The van der Waals surface area contributed by atoms with Gasteiger partial charge >= 0.3 is 0 Å². The van der Waals surface area contributed by atoms with Gasteiger partial charge in [0.25, 0.3) is 0 Å². The van der Waals surface area contributed by atoms with Crippen molar-refractivity contribution in [2.24, 2.45) is 0 Å². The molecule has 0 spiro atoms. The van der Waals surface area contributed by atoms with Crippen molar-refractivity contribution < 1.29 is 9.47 Å². The molecule has 4 heteroatoms. The third-order valence-electron chi connectivity index (χ3n) is 4.12. The van der Waals surface area contributed by atoms with Gasteiger partial charge in [0.05, 0.1) is 5.38 Å². The zero-order chi connectivity index (χ0) is 14.2. The van der Waals surface area contributed by atoms with Crippen LogP contribution in [0.1, 0.15) is 39.1 Å². The van der Waals surface area contributed by atoms with Gasteiger partial charge in [-0.25, -0.2) is 0 Å². The number of halogens is 1. The maximum absolute atomic E-state index is 6.71. The molecule has 1 aliphatic carbocycles. The quantitative estimate of drug-likeness (QED) is 0.745. The Hall–Kier alpha value is -1.19. The van der Waals surface area contributed by atoms with Crippen molar-refractivity contribution in [3.8, 4) is 11.5 Å². The summed E-state index contributed by atoms with van der Waals surface area (Å²) in [4.78, 5) is 2.78. The number of benzene rings is 1. The van der Waals surface area contributed by atoms with Gasteiger partial charge in [-0.3, -0.25) is 0 Å². The first-order chi connectivity index (χ1) is 10.3. The highest BCUT2D eigenvalue weighted by Gasteiger charge is 2.21. The zero-order valence-electron chi connectivity index (χ0n) is 11.7. The minimum atomic E-state index is -0.101. The van der Waals surface area contributed by atoms with Gasteiger partial charge in [-0.1, -0.05) is 6.07 Å². The standard InChI is InChI=1S/C17H17ClO2S/c18-17(16-10-11-3-1-2-4-15(11)21-16)12-5-6-13-14(9-12)20-8-7-19-13/h5-6,9-10,17H,1-4,7-8H2. The molecule has 0 bridgehead atoms. The lowest BCUT2D eigenvalue weighted by molar-refractivity contribution is 0.171. The van der Waals surface area contributed by atoms with E-state index in [1.807, 2.05) is 29.5 Å². The summed E-state index contributed by atoms with van der Waals surface area (Å²) in [6, 6.07) is 8.33. The summed E-state index contributed by atoms with van der Waals surface area (Å²) in [5, 5.41) is -0.101. The summed E-state index contributed by atoms with van der Waals surface area (Å²) in [6.07, 6.45) is 5.03. The van der Waals surface area contributed by atoms with Gasteiger partial charge in [0.15, 0.2) is 11.5 Å². The molecule has 0 amide bonds. The number of alkyl halides is 1. The van der Waals surface area contributed by atoms with Crippen molar-refractivity contribution in [3.63, 3.8) is 0 Å². The van der Waals surface area contributed by atoms with Crippen molar-refractivity contribution >= 4 is 22.9 Å². The molecule has 110 valence electrons. The van der Waals surface area contributed by atoms with Crippen LogP contribution < -0.4 is 9.47 Å². The highest BCUT2D eigenvalue weighted by molar-refractivity contribution is 7.12. The predicted octanol–water partition coefficient (Wildman–Crippen LogP) is 4.73. The third-order valence-corrected chi connectivity index (χ3v) is 6.04. The van der Waals surface area contributed by atoms with E-state index < -0.39 is 0 Å². The molecule has 0 saturated carbocycles. The molecule has 0 N–H and O–H groups in total. The van der Waals surface area contributed by atoms with Crippen LogP contribution in [-0.4, -0.2) is 13.2 Å². The van der Waals surface area contributed by atoms with Crippen LogP contribution in [-0.2, 0) is 12.8 Å². The van der Waals surface area contributed by atoms with Crippen LogP contribution in [0.25, 0.3) is 0 Å². The highest BCUT2D eigenvalue weighted by Crippen LogP contribution is 2.41. The van der Waals surface area contributed by atoms with Crippen LogP contribution in [0.2, 0.25) is 0 Å². The number of aryl methyl sites for hydroxylation is 2. The fraction of sp³-hybridized carbons (Fsp3) is 0.412. The summed E-state index contributed by atoms with van der Waals surface area (Å²) >= 11 is 8.58. The van der Waals surface area contributed by atoms with E-state index in [9.17, 15) is 0 Å². The largest absolute Gasteiger partial charge is 0.486 e. The normalized spacial score (nSPS) is 18.1. The molecule has 0 radical (unpaired) electrons. The fourth-order valence-corrected chi connectivity index (χ4v) is 4.62. The summed E-state index contributed by atoms with van der Waals surface area (Å²) in [5.41, 5.74) is 2.59. The van der Waals surface area contributed by atoms with E-state index in [-0.39, 0.29) is 5.38 Å². The molecule has 1 aromatic carbocycles. The molecule has 2 nitrogen and oxygen atoms in total. The molecule has 2 aromatic rings. The third kappa shape index (κ3) is 2.53. The van der Waals surface area contributed by atoms with Crippen LogP contribution in [0.5, 0.6) is 11.5 Å². The second-order valence-electron chi connectivity index (χ2n) is 5.57. The molecule has 21 heavy (non-hydrogen) atoms. The van der Waals surface area contributed by atoms with Crippen molar-refractivity contribution in [2.75, 3.05) is 13.2 Å².